The highest BCUT2D eigenvalue weighted by atomic mass is 16.1. The molecule has 0 spiro atoms. The van der Waals surface area contributed by atoms with E-state index in [1.165, 1.54) is 0 Å². The minimum atomic E-state index is 0.0163. The summed E-state index contributed by atoms with van der Waals surface area (Å²) in [5.41, 5.74) is 3.89. The fourth-order valence-electron chi connectivity index (χ4n) is 3.77. The molecule has 4 heteroatoms. The van der Waals surface area contributed by atoms with Crippen molar-refractivity contribution in [2.75, 3.05) is 13.1 Å². The van der Waals surface area contributed by atoms with Crippen LogP contribution in [-0.2, 0) is 6.54 Å². The number of carbonyl (C=O) groups is 1. The van der Waals surface area contributed by atoms with Crippen LogP contribution in [-0.4, -0.2) is 34.9 Å². The number of nitrogens with zero attached hydrogens (tertiary/aromatic N) is 2. The predicted molar refractivity (Wildman–Crippen MR) is 112 cm³/mol. The number of benzene rings is 2. The molecule has 0 atom stereocenters. The Bertz CT molecular complexity index is 903. The van der Waals surface area contributed by atoms with Crippen molar-refractivity contribution in [1.82, 2.24) is 15.2 Å². The molecule has 0 radical (unpaired) electrons. The fraction of sp³-hybridized carbons (Fsp3) is 0.250. The second kappa shape index (κ2) is 8.81. The number of hydrogen-bond donors (Lipinski definition) is 1. The zero-order chi connectivity index (χ0) is 19.2. The van der Waals surface area contributed by atoms with Crippen molar-refractivity contribution in [1.29, 1.82) is 0 Å². The number of pyridine rings is 1. The van der Waals surface area contributed by atoms with E-state index < -0.39 is 0 Å². The van der Waals surface area contributed by atoms with Crippen LogP contribution in [0.2, 0.25) is 0 Å². The van der Waals surface area contributed by atoms with Gasteiger partial charge in [0.2, 0.25) is 0 Å². The number of likely N-dealkylation sites (tertiary alicyclic amines) is 1. The van der Waals surface area contributed by atoms with E-state index >= 15 is 0 Å². The van der Waals surface area contributed by atoms with Crippen LogP contribution in [0.15, 0.2) is 79.0 Å². The van der Waals surface area contributed by atoms with Crippen LogP contribution < -0.4 is 5.32 Å². The second-order valence-electron chi connectivity index (χ2n) is 7.26. The van der Waals surface area contributed by atoms with Gasteiger partial charge in [-0.2, -0.15) is 0 Å². The minimum absolute atomic E-state index is 0.0163. The summed E-state index contributed by atoms with van der Waals surface area (Å²) in [6.07, 6.45) is 3.77. The van der Waals surface area contributed by atoms with Crippen molar-refractivity contribution in [3.05, 3.63) is 90.3 Å². The van der Waals surface area contributed by atoms with Gasteiger partial charge in [0.1, 0.15) is 0 Å². The zero-order valence-electron chi connectivity index (χ0n) is 15.9. The lowest BCUT2D eigenvalue weighted by Gasteiger charge is -2.32. The highest BCUT2D eigenvalue weighted by Gasteiger charge is 2.22. The minimum Gasteiger partial charge on any atom is -0.349 e. The molecule has 0 unspecified atom stereocenters. The molecule has 4 nitrogen and oxygen atoms in total. The maximum absolute atomic E-state index is 12.9. The van der Waals surface area contributed by atoms with E-state index in [0.717, 1.165) is 54.9 Å². The van der Waals surface area contributed by atoms with Gasteiger partial charge >= 0.3 is 0 Å². The Morgan fingerprint density at radius 1 is 0.929 bits per heavy atom. The normalized spacial score (nSPS) is 15.3. The van der Waals surface area contributed by atoms with Gasteiger partial charge in [-0.1, -0.05) is 54.6 Å². The monoisotopic (exact) mass is 371 g/mol. The Balaban J connectivity index is 1.37. The second-order valence-corrected chi connectivity index (χ2v) is 7.26. The molecule has 3 aromatic rings. The third-order valence-corrected chi connectivity index (χ3v) is 5.29. The van der Waals surface area contributed by atoms with E-state index in [9.17, 15) is 4.79 Å². The van der Waals surface area contributed by atoms with Crippen LogP contribution in [0.3, 0.4) is 0 Å². The largest absolute Gasteiger partial charge is 0.349 e. The Hall–Kier alpha value is -2.98. The summed E-state index contributed by atoms with van der Waals surface area (Å²) in [4.78, 5) is 19.8. The lowest BCUT2D eigenvalue weighted by Crippen LogP contribution is -2.44. The molecule has 0 saturated carbocycles. The van der Waals surface area contributed by atoms with Crippen molar-refractivity contribution >= 4 is 5.91 Å². The Labute approximate surface area is 166 Å². The molecule has 0 bridgehead atoms. The maximum atomic E-state index is 12.9. The smallest absolute Gasteiger partial charge is 0.252 e. The molecule has 1 N–H and O–H groups in total. The number of amides is 1. The number of nitrogens with one attached hydrogen (secondary N) is 1. The SMILES string of the molecule is O=C(NC1CCN(Cc2ccccn2)CC1)c1ccccc1-c1ccccc1. The van der Waals surface area contributed by atoms with Crippen molar-refractivity contribution < 1.29 is 4.79 Å². The first-order valence-corrected chi connectivity index (χ1v) is 9.87. The Morgan fingerprint density at radius 2 is 1.64 bits per heavy atom. The molecule has 1 aliphatic rings. The van der Waals surface area contributed by atoms with Gasteiger partial charge in [-0.25, -0.2) is 0 Å². The lowest BCUT2D eigenvalue weighted by molar-refractivity contribution is 0.0909. The van der Waals surface area contributed by atoms with Crippen LogP contribution in [0.25, 0.3) is 11.1 Å². The quantitative estimate of drug-likeness (QED) is 0.733. The average molecular weight is 371 g/mol. The molecule has 1 saturated heterocycles. The summed E-state index contributed by atoms with van der Waals surface area (Å²) >= 11 is 0. The van der Waals surface area contributed by atoms with E-state index in [1.807, 2.05) is 72.9 Å². The number of hydrogen-bond acceptors (Lipinski definition) is 3. The van der Waals surface area contributed by atoms with Crippen LogP contribution in [0.4, 0.5) is 0 Å². The van der Waals surface area contributed by atoms with Crippen molar-refractivity contribution in [3.63, 3.8) is 0 Å². The molecule has 28 heavy (non-hydrogen) atoms. The predicted octanol–water partition coefficient (Wildman–Crippen LogP) is 4.14. The highest BCUT2D eigenvalue weighted by molar-refractivity contribution is 6.01. The lowest BCUT2D eigenvalue weighted by atomic mass is 9.98. The van der Waals surface area contributed by atoms with Gasteiger partial charge in [-0.15, -0.1) is 0 Å². The maximum Gasteiger partial charge on any atom is 0.252 e. The van der Waals surface area contributed by atoms with Gasteiger partial charge in [0.15, 0.2) is 0 Å². The van der Waals surface area contributed by atoms with Gasteiger partial charge in [0.25, 0.3) is 5.91 Å². The first-order chi connectivity index (χ1) is 13.8. The van der Waals surface area contributed by atoms with Gasteiger partial charge in [-0.3, -0.25) is 14.7 Å². The summed E-state index contributed by atoms with van der Waals surface area (Å²) in [5.74, 6) is 0.0163. The molecule has 1 aromatic heterocycles. The van der Waals surface area contributed by atoms with Gasteiger partial charge < -0.3 is 5.32 Å². The third-order valence-electron chi connectivity index (χ3n) is 5.29. The highest BCUT2D eigenvalue weighted by Crippen LogP contribution is 2.24. The van der Waals surface area contributed by atoms with Gasteiger partial charge in [-0.05, 0) is 42.2 Å². The molecule has 142 valence electrons. The Kier molecular flexibility index (Phi) is 5.78. The van der Waals surface area contributed by atoms with Crippen LogP contribution in [0.1, 0.15) is 28.9 Å². The molecular formula is C24H25N3O. The van der Waals surface area contributed by atoms with Crippen LogP contribution in [0.5, 0.6) is 0 Å². The summed E-state index contributed by atoms with van der Waals surface area (Å²) < 4.78 is 0. The Morgan fingerprint density at radius 3 is 2.39 bits per heavy atom. The molecule has 4 rings (SSSR count). The standard InChI is InChI=1S/C24H25N3O/c28-24(23-12-5-4-11-22(23)19-8-2-1-3-9-19)26-20-13-16-27(17-14-20)18-21-10-6-7-15-25-21/h1-12,15,20H,13-14,16-18H2,(H,26,28). The molecule has 1 aliphatic heterocycles. The molecule has 2 aromatic carbocycles. The number of carbonyl (C=O) groups excluding carboxylic acids is 1. The first kappa shape index (κ1) is 18.4. The number of rotatable bonds is 5. The first-order valence-electron chi connectivity index (χ1n) is 9.87. The summed E-state index contributed by atoms with van der Waals surface area (Å²) in [6, 6.07) is 24.2. The summed E-state index contributed by atoms with van der Waals surface area (Å²) in [6.45, 7) is 2.82. The molecule has 0 aliphatic carbocycles. The van der Waals surface area contributed by atoms with Crippen LogP contribution >= 0.6 is 0 Å². The third kappa shape index (κ3) is 4.46. The number of aromatic nitrogens is 1. The van der Waals surface area contributed by atoms with E-state index in [-0.39, 0.29) is 11.9 Å². The van der Waals surface area contributed by atoms with Crippen LogP contribution in [0, 0.1) is 0 Å². The van der Waals surface area contributed by atoms with E-state index in [0.29, 0.717) is 0 Å². The number of piperidine rings is 1. The summed E-state index contributed by atoms with van der Waals surface area (Å²) in [5, 5.41) is 3.25. The zero-order valence-corrected chi connectivity index (χ0v) is 15.9. The molecule has 1 fully saturated rings. The van der Waals surface area contributed by atoms with Gasteiger partial charge in [0, 0.05) is 37.4 Å². The van der Waals surface area contributed by atoms with E-state index in [4.69, 9.17) is 0 Å². The molecule has 1 amide bonds. The molecular weight excluding hydrogens is 346 g/mol. The average Bonchev–Trinajstić information content (AvgIpc) is 2.76. The van der Waals surface area contributed by atoms with Gasteiger partial charge in [0.05, 0.1) is 5.69 Å². The fourth-order valence-corrected chi connectivity index (χ4v) is 3.77. The molecule has 2 heterocycles. The summed E-state index contributed by atoms with van der Waals surface area (Å²) in [7, 11) is 0. The van der Waals surface area contributed by atoms with E-state index in [2.05, 4.69) is 21.3 Å². The van der Waals surface area contributed by atoms with Crippen molar-refractivity contribution in [2.45, 2.75) is 25.4 Å². The topological polar surface area (TPSA) is 45.2 Å². The van der Waals surface area contributed by atoms with Crippen molar-refractivity contribution in [2.24, 2.45) is 0 Å². The van der Waals surface area contributed by atoms with Crippen molar-refractivity contribution in [3.8, 4) is 11.1 Å². The van der Waals surface area contributed by atoms with E-state index in [1.54, 1.807) is 0 Å².